The first-order chi connectivity index (χ1) is 22.6. The number of aliphatic imine (C=N–C) groups is 1. The molecule has 0 aliphatic carbocycles. The van der Waals surface area contributed by atoms with E-state index in [-0.39, 0.29) is 40.9 Å². The molecule has 3 aromatic rings. The molecular weight excluding hydrogens is 734 g/mol. The average molecular weight is 769 g/mol. The third-order valence-corrected chi connectivity index (χ3v) is 9.85. The third-order valence-electron chi connectivity index (χ3n) is 8.74. The van der Waals surface area contributed by atoms with Crippen LogP contribution in [0.25, 0.3) is 16.7 Å². The zero-order valence-corrected chi connectivity index (χ0v) is 28.0. The molecule has 5 aliphatic rings. The molecule has 13 nitrogen and oxygen atoms in total. The summed E-state index contributed by atoms with van der Waals surface area (Å²) in [5, 5.41) is 32.5. The Hall–Kier alpha value is -3.44. The molecule has 3 N–H and O–H groups in total. The van der Waals surface area contributed by atoms with Crippen LogP contribution in [0.2, 0.25) is 0 Å². The molecule has 5 atom stereocenters. The Morgan fingerprint density at radius 3 is 2.72 bits per heavy atom. The summed E-state index contributed by atoms with van der Waals surface area (Å²) in [6.07, 6.45) is -0.413. The molecular formula is C30H34F3IN9O4-. The van der Waals surface area contributed by atoms with E-state index in [1.807, 2.05) is 29.4 Å². The van der Waals surface area contributed by atoms with Crippen molar-refractivity contribution in [3.8, 4) is 11.9 Å². The summed E-state index contributed by atoms with van der Waals surface area (Å²) >= 11 is -0.908. The van der Waals surface area contributed by atoms with E-state index in [2.05, 4.69) is 31.7 Å². The summed E-state index contributed by atoms with van der Waals surface area (Å²) in [5.74, 6) is -1.73. The van der Waals surface area contributed by atoms with Gasteiger partial charge in [-0.05, 0) is 13.8 Å². The quantitative estimate of drug-likeness (QED) is 0.142. The van der Waals surface area contributed by atoms with Crippen LogP contribution in [0, 0.1) is 17.1 Å². The van der Waals surface area contributed by atoms with Gasteiger partial charge in [-0.1, -0.05) is 0 Å². The molecule has 3 unspecified atom stereocenters. The van der Waals surface area contributed by atoms with Gasteiger partial charge in [0, 0.05) is 19.5 Å². The Kier molecular flexibility index (Phi) is 8.57. The number of alkyl halides is 3. The van der Waals surface area contributed by atoms with Gasteiger partial charge in [0.15, 0.2) is 0 Å². The average Bonchev–Trinajstić information content (AvgIpc) is 3.64. The van der Waals surface area contributed by atoms with Gasteiger partial charge in [-0.25, -0.2) is 0 Å². The van der Waals surface area contributed by atoms with Crippen LogP contribution in [0.3, 0.4) is 0 Å². The standard InChI is InChI=1S/C30H34F3IN9O4/c1-15(2)43-21-7-16(6-20(31)27(21)39-29(43)41-12-18-8-19(13-41)46-18)26-17(10-35)11-36-28(38-26)37-22-4-5-42-23(30(22,44)47-34-3)9-25(40-42)45-14-24(32)33/h6-7,9,11,15,18-19,22,24,28,37-38,44H,4-5,8,12-14H2,1-3H3/q-1/t18?,19?,22-,28?,30+/m0/s1. The number of morpholine rings is 1. The summed E-state index contributed by atoms with van der Waals surface area (Å²) in [4.78, 5) is 13.2. The number of nitriles is 1. The number of hydrogen-bond acceptors (Lipinski definition) is 11. The fraction of sp³-hybridized carbons (Fsp3) is 0.533. The molecule has 3 fully saturated rings. The number of aromatic nitrogens is 4. The van der Waals surface area contributed by atoms with Crippen molar-refractivity contribution in [1.29, 1.82) is 5.26 Å². The fourth-order valence-corrected chi connectivity index (χ4v) is 7.91. The normalized spacial score (nSPS) is 26.9. The number of allylic oxidation sites excluding steroid dienone is 1. The van der Waals surface area contributed by atoms with Gasteiger partial charge < -0.3 is 9.64 Å². The summed E-state index contributed by atoms with van der Waals surface area (Å²) < 4.78 is 61.6. The second-order valence-electron chi connectivity index (χ2n) is 12.2. The number of piperidine rings is 1. The Labute approximate surface area is 279 Å². The Bertz CT molecular complexity index is 1770. The number of ether oxygens (including phenoxy) is 2. The summed E-state index contributed by atoms with van der Waals surface area (Å²) in [7, 11) is 0. The van der Waals surface area contributed by atoms with E-state index in [0.717, 1.165) is 6.42 Å². The zero-order chi connectivity index (χ0) is 33.0. The third kappa shape index (κ3) is 5.83. The first-order valence-corrected chi connectivity index (χ1v) is 18.3. The molecule has 7 heterocycles. The summed E-state index contributed by atoms with van der Waals surface area (Å²) in [5.41, 5.74) is 2.13. The first-order valence-electron chi connectivity index (χ1n) is 15.3. The molecule has 0 amide bonds. The van der Waals surface area contributed by atoms with Crippen molar-refractivity contribution < 1.29 is 52.4 Å². The predicted octanol–water partition coefficient (Wildman–Crippen LogP) is -0.376. The van der Waals surface area contributed by atoms with Gasteiger partial charge in [0.1, 0.15) is 0 Å². The second kappa shape index (κ2) is 12.5. The number of halogens is 4. The number of imidazole rings is 1. The van der Waals surface area contributed by atoms with Gasteiger partial charge in [0.05, 0.1) is 12.2 Å². The van der Waals surface area contributed by atoms with Crippen molar-refractivity contribution in [3.05, 3.63) is 40.8 Å². The second-order valence-corrected chi connectivity index (χ2v) is 13.5. The van der Waals surface area contributed by atoms with E-state index < -0.39 is 58.6 Å². The van der Waals surface area contributed by atoms with Crippen LogP contribution in [-0.4, -0.2) is 86.2 Å². The predicted molar refractivity (Wildman–Crippen MR) is 160 cm³/mol. The molecule has 0 spiro atoms. The van der Waals surface area contributed by atoms with Gasteiger partial charge in [-0.3, -0.25) is 0 Å². The van der Waals surface area contributed by atoms with Gasteiger partial charge in [-0.15, -0.1) is 0 Å². The number of anilines is 1. The number of benzene rings is 1. The number of nitrogens with zero attached hydrogens (tertiary/aromatic N) is 7. The number of fused-ring (bicyclic) bond motifs is 4. The SMILES string of the molecule is C[I-]O[C@@]1(O)c2cc(OCC(F)F)nn2CC[C@@H]1NC1N=CC(C#N)=C(c2cc(F)c3nc(N4CC5CC(C4)O5)n(C(C)C)c3c2)N1. The van der Waals surface area contributed by atoms with Gasteiger partial charge in [0.2, 0.25) is 0 Å². The maximum absolute atomic E-state index is 15.8. The van der Waals surface area contributed by atoms with E-state index in [9.17, 15) is 19.1 Å². The molecule has 252 valence electrons. The van der Waals surface area contributed by atoms with Crippen molar-refractivity contribution in [1.82, 2.24) is 30.0 Å². The van der Waals surface area contributed by atoms with Crippen molar-refractivity contribution >= 4 is 28.9 Å². The van der Waals surface area contributed by atoms with E-state index in [1.54, 1.807) is 0 Å². The topological polar surface area (TPSA) is 147 Å². The van der Waals surface area contributed by atoms with Crippen LogP contribution in [0.4, 0.5) is 19.1 Å². The molecule has 0 radical (unpaired) electrons. The number of nitrogens with one attached hydrogen (secondary N) is 2. The number of rotatable bonds is 10. The Morgan fingerprint density at radius 2 is 2.04 bits per heavy atom. The minimum absolute atomic E-state index is 0.0244. The molecule has 17 heteroatoms. The number of hydrogen-bond donors (Lipinski definition) is 3. The molecule has 2 bridgehead atoms. The van der Waals surface area contributed by atoms with Crippen molar-refractivity contribution in [3.63, 3.8) is 0 Å². The van der Waals surface area contributed by atoms with Crippen molar-refractivity contribution in [2.45, 2.75) is 76.0 Å². The number of aliphatic hydroxyl groups is 1. The van der Waals surface area contributed by atoms with Crippen LogP contribution < -0.4 is 41.9 Å². The van der Waals surface area contributed by atoms with Crippen LogP contribution in [-0.2, 0) is 20.1 Å². The van der Waals surface area contributed by atoms with E-state index in [4.69, 9.17) is 17.5 Å². The zero-order valence-electron chi connectivity index (χ0n) is 25.8. The minimum atomic E-state index is -2.67. The molecule has 1 aromatic carbocycles. The number of aryl methyl sites for hydroxylation is 1. The fourth-order valence-electron chi connectivity index (χ4n) is 6.70. The van der Waals surface area contributed by atoms with Crippen molar-refractivity contribution in [2.75, 3.05) is 29.5 Å². The van der Waals surface area contributed by atoms with Crippen LogP contribution >= 0.6 is 0 Å². The van der Waals surface area contributed by atoms with Crippen LogP contribution in [0.15, 0.2) is 28.8 Å². The first kappa shape index (κ1) is 32.1. The van der Waals surface area contributed by atoms with Crippen LogP contribution in [0.5, 0.6) is 5.88 Å². The Balaban J connectivity index is 1.17. The molecule has 47 heavy (non-hydrogen) atoms. The van der Waals surface area contributed by atoms with Gasteiger partial charge in [-0.2, -0.15) is 0 Å². The van der Waals surface area contributed by atoms with E-state index in [0.29, 0.717) is 48.8 Å². The van der Waals surface area contributed by atoms with Gasteiger partial charge >= 0.3 is 225 Å². The van der Waals surface area contributed by atoms with E-state index >= 15 is 4.39 Å². The monoisotopic (exact) mass is 768 g/mol. The molecule has 3 saturated heterocycles. The van der Waals surface area contributed by atoms with Crippen molar-refractivity contribution in [2.24, 2.45) is 4.99 Å². The Morgan fingerprint density at radius 1 is 1.28 bits per heavy atom. The molecule has 2 aromatic heterocycles. The van der Waals surface area contributed by atoms with E-state index in [1.165, 1.54) is 23.0 Å². The van der Waals surface area contributed by atoms with Crippen LogP contribution in [0.1, 0.15) is 44.0 Å². The molecule has 0 saturated carbocycles. The summed E-state index contributed by atoms with van der Waals surface area (Å²) in [6.45, 7) is 4.95. The van der Waals surface area contributed by atoms with Gasteiger partial charge in [0.25, 0.3) is 0 Å². The molecule has 5 aliphatic heterocycles. The maximum atomic E-state index is 15.8. The molecule has 8 rings (SSSR count). The summed E-state index contributed by atoms with van der Waals surface area (Å²) in [6, 6.07) is 5.99.